The molecule has 0 spiro atoms. The molecule has 0 unspecified atom stereocenters. The molecule has 0 aliphatic carbocycles. The van der Waals surface area contributed by atoms with Gasteiger partial charge < -0.3 is 10.8 Å². The number of rotatable bonds is 0. The molecule has 0 fully saturated rings. The largest absolute Gasteiger partial charge is 0.377 e. The number of hydrogen-bond acceptors (Lipinski definition) is 2. The van der Waals surface area contributed by atoms with Crippen molar-refractivity contribution in [2.24, 2.45) is 5.73 Å². The van der Waals surface area contributed by atoms with Crippen LogP contribution in [0, 0.1) is 6.92 Å². The summed E-state index contributed by atoms with van der Waals surface area (Å²) in [7, 11) is 0. The number of aliphatic hydroxyl groups is 1. The molecule has 12 heavy (non-hydrogen) atoms. The van der Waals surface area contributed by atoms with Gasteiger partial charge in [0.25, 0.3) is 0 Å². The fourth-order valence-electron chi connectivity index (χ4n) is 0.534. The maximum atomic E-state index is 8.30. The zero-order valence-corrected chi connectivity index (χ0v) is 7.91. The summed E-state index contributed by atoms with van der Waals surface area (Å²) in [5.41, 5.74) is 5.23. The Hall–Kier alpha value is -0.860. The third-order valence-electron chi connectivity index (χ3n) is 0.940. The summed E-state index contributed by atoms with van der Waals surface area (Å²) in [6.07, 6.45) is 0. The first kappa shape index (κ1) is 11.1. The lowest BCUT2D eigenvalue weighted by atomic mass is 10.2. The van der Waals surface area contributed by atoms with Gasteiger partial charge in [0.2, 0.25) is 0 Å². The summed E-state index contributed by atoms with van der Waals surface area (Å²) in [5.74, 6) is 0. The SMILES string of the molecule is CC(C)(N)O.Cc1ccccc1. The monoisotopic (exact) mass is 167 g/mol. The number of aryl methyl sites for hydroxylation is 1. The van der Waals surface area contributed by atoms with E-state index in [1.165, 1.54) is 19.4 Å². The normalized spacial score (nSPS) is 10.1. The molecule has 1 aromatic carbocycles. The second kappa shape index (κ2) is 4.91. The Bertz CT molecular complexity index is 195. The molecule has 1 aromatic rings. The van der Waals surface area contributed by atoms with E-state index >= 15 is 0 Å². The van der Waals surface area contributed by atoms with Crippen LogP contribution < -0.4 is 5.73 Å². The van der Waals surface area contributed by atoms with E-state index in [4.69, 9.17) is 10.8 Å². The van der Waals surface area contributed by atoms with Gasteiger partial charge in [0, 0.05) is 0 Å². The van der Waals surface area contributed by atoms with Crippen molar-refractivity contribution < 1.29 is 5.11 Å². The smallest absolute Gasteiger partial charge is 0.107 e. The van der Waals surface area contributed by atoms with Gasteiger partial charge in [0.05, 0.1) is 0 Å². The lowest BCUT2D eigenvalue weighted by Gasteiger charge is -2.05. The van der Waals surface area contributed by atoms with E-state index in [1.807, 2.05) is 18.2 Å². The molecule has 1 rings (SSSR count). The second-order valence-electron chi connectivity index (χ2n) is 3.31. The van der Waals surface area contributed by atoms with Crippen LogP contribution in [0.1, 0.15) is 19.4 Å². The third-order valence-corrected chi connectivity index (χ3v) is 0.940. The van der Waals surface area contributed by atoms with Crippen LogP contribution in [0.15, 0.2) is 30.3 Å². The number of nitrogens with two attached hydrogens (primary N) is 1. The lowest BCUT2D eigenvalue weighted by Crippen LogP contribution is -2.30. The third kappa shape index (κ3) is 11.9. The lowest BCUT2D eigenvalue weighted by molar-refractivity contribution is 0.0881. The van der Waals surface area contributed by atoms with Gasteiger partial charge in [0.1, 0.15) is 5.72 Å². The zero-order valence-electron chi connectivity index (χ0n) is 7.91. The van der Waals surface area contributed by atoms with Crippen molar-refractivity contribution in [3.05, 3.63) is 35.9 Å². The highest BCUT2D eigenvalue weighted by Crippen LogP contribution is 1.92. The molecular formula is C10H17NO. The van der Waals surface area contributed by atoms with Gasteiger partial charge in [-0.25, -0.2) is 0 Å². The van der Waals surface area contributed by atoms with Crippen LogP contribution in [0.5, 0.6) is 0 Å². The summed E-state index contributed by atoms with van der Waals surface area (Å²) < 4.78 is 0. The standard InChI is InChI=1S/C7H8.C3H9NO/c1-7-5-3-2-4-6-7;1-3(2,4)5/h2-6H,1H3;5H,4H2,1-2H3. The van der Waals surface area contributed by atoms with Crippen molar-refractivity contribution in [2.45, 2.75) is 26.5 Å². The molecule has 0 heterocycles. The maximum absolute atomic E-state index is 8.30. The van der Waals surface area contributed by atoms with Gasteiger partial charge in [-0.3, -0.25) is 0 Å². The van der Waals surface area contributed by atoms with Gasteiger partial charge >= 0.3 is 0 Å². The highest BCUT2D eigenvalue weighted by Gasteiger charge is 1.98. The molecular weight excluding hydrogens is 150 g/mol. The second-order valence-corrected chi connectivity index (χ2v) is 3.31. The van der Waals surface area contributed by atoms with E-state index in [0.29, 0.717) is 0 Å². The van der Waals surface area contributed by atoms with Gasteiger partial charge in [-0.2, -0.15) is 0 Å². The van der Waals surface area contributed by atoms with E-state index in [0.717, 1.165) is 0 Å². The average molecular weight is 167 g/mol. The first-order chi connectivity index (χ1) is 5.39. The maximum Gasteiger partial charge on any atom is 0.107 e. The Morgan fingerprint density at radius 2 is 1.50 bits per heavy atom. The van der Waals surface area contributed by atoms with Crippen molar-refractivity contribution >= 4 is 0 Å². The highest BCUT2D eigenvalue weighted by molar-refractivity contribution is 5.11. The molecule has 0 bridgehead atoms. The van der Waals surface area contributed by atoms with E-state index in [9.17, 15) is 0 Å². The van der Waals surface area contributed by atoms with Crippen LogP contribution in [-0.2, 0) is 0 Å². The predicted molar refractivity (Wildman–Crippen MR) is 51.7 cm³/mol. The van der Waals surface area contributed by atoms with Crippen molar-refractivity contribution in [3.63, 3.8) is 0 Å². The molecule has 0 saturated carbocycles. The minimum Gasteiger partial charge on any atom is -0.377 e. The van der Waals surface area contributed by atoms with Crippen molar-refractivity contribution in [1.29, 1.82) is 0 Å². The molecule has 0 amide bonds. The molecule has 68 valence electrons. The van der Waals surface area contributed by atoms with E-state index in [2.05, 4.69) is 19.1 Å². The number of hydrogen-bond donors (Lipinski definition) is 2. The average Bonchev–Trinajstić information content (AvgIpc) is 1.85. The Balaban J connectivity index is 0.000000217. The predicted octanol–water partition coefficient (Wildman–Crippen LogP) is 1.67. The zero-order chi connectivity index (χ0) is 9.61. The van der Waals surface area contributed by atoms with Crippen molar-refractivity contribution in [1.82, 2.24) is 0 Å². The molecule has 3 N–H and O–H groups in total. The molecule has 0 aliphatic heterocycles. The fourth-order valence-corrected chi connectivity index (χ4v) is 0.534. The van der Waals surface area contributed by atoms with Crippen molar-refractivity contribution in [3.8, 4) is 0 Å². The van der Waals surface area contributed by atoms with Crippen LogP contribution in [0.3, 0.4) is 0 Å². The summed E-state index contributed by atoms with van der Waals surface area (Å²) in [6.45, 7) is 5.12. The minimum absolute atomic E-state index is 1.00. The molecule has 2 nitrogen and oxygen atoms in total. The Labute approximate surface area is 74.0 Å². The molecule has 0 radical (unpaired) electrons. The molecule has 0 aromatic heterocycles. The van der Waals surface area contributed by atoms with Gasteiger partial charge in [-0.15, -0.1) is 0 Å². The molecule has 0 saturated heterocycles. The van der Waals surface area contributed by atoms with Gasteiger partial charge in [0.15, 0.2) is 0 Å². The summed E-state index contributed by atoms with van der Waals surface area (Å²) >= 11 is 0. The summed E-state index contributed by atoms with van der Waals surface area (Å²) in [6, 6.07) is 10.3. The number of benzene rings is 1. The summed E-state index contributed by atoms with van der Waals surface area (Å²) in [5, 5.41) is 8.30. The van der Waals surface area contributed by atoms with Gasteiger partial charge in [-0.05, 0) is 20.8 Å². The van der Waals surface area contributed by atoms with E-state index in [1.54, 1.807) is 0 Å². The van der Waals surface area contributed by atoms with Crippen LogP contribution in [0.2, 0.25) is 0 Å². The fraction of sp³-hybridized carbons (Fsp3) is 0.400. The first-order valence-corrected chi connectivity index (χ1v) is 3.92. The highest BCUT2D eigenvalue weighted by atomic mass is 16.3. The summed E-state index contributed by atoms with van der Waals surface area (Å²) in [4.78, 5) is 0. The Morgan fingerprint density at radius 1 is 1.17 bits per heavy atom. The minimum atomic E-state index is -1.00. The van der Waals surface area contributed by atoms with E-state index in [-0.39, 0.29) is 0 Å². The molecule has 2 heteroatoms. The Morgan fingerprint density at radius 3 is 1.67 bits per heavy atom. The van der Waals surface area contributed by atoms with Gasteiger partial charge in [-0.1, -0.05) is 35.9 Å². The molecule has 0 aliphatic rings. The van der Waals surface area contributed by atoms with Crippen LogP contribution in [0.4, 0.5) is 0 Å². The van der Waals surface area contributed by atoms with Crippen LogP contribution >= 0.6 is 0 Å². The quantitative estimate of drug-likeness (QED) is 0.577. The van der Waals surface area contributed by atoms with E-state index < -0.39 is 5.72 Å². The molecule has 0 atom stereocenters. The Kier molecular flexibility index (Phi) is 4.55. The van der Waals surface area contributed by atoms with Crippen LogP contribution in [0.25, 0.3) is 0 Å². The van der Waals surface area contributed by atoms with Crippen LogP contribution in [-0.4, -0.2) is 10.8 Å². The van der Waals surface area contributed by atoms with Crippen molar-refractivity contribution in [2.75, 3.05) is 0 Å². The topological polar surface area (TPSA) is 46.2 Å². The first-order valence-electron chi connectivity index (χ1n) is 3.92.